The molecule has 1 aromatic carbocycles. The van der Waals surface area contributed by atoms with Gasteiger partial charge in [-0.05, 0) is 24.3 Å². The van der Waals surface area contributed by atoms with Crippen molar-refractivity contribution in [3.05, 3.63) is 36.2 Å². The van der Waals surface area contributed by atoms with Crippen LogP contribution in [0.1, 0.15) is 10.5 Å². The van der Waals surface area contributed by atoms with Gasteiger partial charge in [0.25, 0.3) is 5.91 Å². The van der Waals surface area contributed by atoms with E-state index < -0.39 is 10.8 Å². The van der Waals surface area contributed by atoms with Crippen LogP contribution in [0.15, 0.2) is 30.5 Å². The third-order valence-corrected chi connectivity index (χ3v) is 4.98. The molecule has 0 unspecified atom stereocenters. The minimum absolute atomic E-state index is 0.00787. The summed E-state index contributed by atoms with van der Waals surface area (Å²) in [5.74, 6) is 1.13. The van der Waals surface area contributed by atoms with E-state index in [2.05, 4.69) is 5.10 Å². The monoisotopic (exact) mass is 335 g/mol. The van der Waals surface area contributed by atoms with E-state index in [9.17, 15) is 14.1 Å². The summed E-state index contributed by atoms with van der Waals surface area (Å²) in [6.07, 6.45) is 1.40. The van der Waals surface area contributed by atoms with Gasteiger partial charge in [-0.15, -0.1) is 0 Å². The highest BCUT2D eigenvalue weighted by atomic mass is 32.2. The molecule has 122 valence electrons. The number of nitrogens with zero attached hydrogens (tertiary/aromatic N) is 3. The molecule has 23 heavy (non-hydrogen) atoms. The first-order valence-corrected chi connectivity index (χ1v) is 8.64. The van der Waals surface area contributed by atoms with E-state index in [0.29, 0.717) is 36.0 Å². The number of aromatic nitrogens is 2. The highest BCUT2D eigenvalue weighted by Gasteiger charge is 2.26. The van der Waals surface area contributed by atoms with Crippen molar-refractivity contribution in [2.24, 2.45) is 0 Å². The Balaban J connectivity index is 1.82. The number of rotatable bonds is 3. The molecule has 1 amide bonds. The van der Waals surface area contributed by atoms with Crippen LogP contribution in [0, 0.1) is 0 Å². The van der Waals surface area contributed by atoms with Gasteiger partial charge in [-0.25, -0.2) is 4.68 Å². The minimum Gasteiger partial charge on any atom is -0.504 e. The van der Waals surface area contributed by atoms with Gasteiger partial charge in [0.05, 0.1) is 19.0 Å². The summed E-state index contributed by atoms with van der Waals surface area (Å²) < 4.78 is 17.9. The SMILES string of the molecule is COc1ccc(-n2cc(O)c(C(=O)N3CCS(=O)CC3)n2)cc1. The van der Waals surface area contributed by atoms with Crippen LogP contribution in [-0.4, -0.2) is 61.6 Å². The average Bonchev–Trinajstić information content (AvgIpc) is 2.97. The maximum absolute atomic E-state index is 12.4. The van der Waals surface area contributed by atoms with Crippen LogP contribution >= 0.6 is 0 Å². The molecule has 0 radical (unpaired) electrons. The second kappa shape index (κ2) is 6.41. The summed E-state index contributed by atoms with van der Waals surface area (Å²) in [6.45, 7) is 0.834. The number of benzene rings is 1. The van der Waals surface area contributed by atoms with Crippen LogP contribution in [-0.2, 0) is 10.8 Å². The molecule has 0 bridgehead atoms. The summed E-state index contributed by atoms with van der Waals surface area (Å²) in [4.78, 5) is 14.0. The van der Waals surface area contributed by atoms with Crippen molar-refractivity contribution in [1.82, 2.24) is 14.7 Å². The van der Waals surface area contributed by atoms with Crippen molar-refractivity contribution < 1.29 is 18.8 Å². The molecule has 1 aliphatic rings. The lowest BCUT2D eigenvalue weighted by Crippen LogP contribution is -2.42. The summed E-state index contributed by atoms with van der Waals surface area (Å²) >= 11 is 0. The molecule has 7 nitrogen and oxygen atoms in total. The zero-order chi connectivity index (χ0) is 16.4. The molecule has 2 heterocycles. The highest BCUT2D eigenvalue weighted by molar-refractivity contribution is 7.85. The van der Waals surface area contributed by atoms with Crippen molar-refractivity contribution in [1.29, 1.82) is 0 Å². The van der Waals surface area contributed by atoms with E-state index in [0.717, 1.165) is 0 Å². The van der Waals surface area contributed by atoms with Crippen LogP contribution in [0.2, 0.25) is 0 Å². The first-order valence-electron chi connectivity index (χ1n) is 7.16. The molecular formula is C15H17N3O4S. The Morgan fingerprint density at radius 2 is 1.91 bits per heavy atom. The Morgan fingerprint density at radius 3 is 2.52 bits per heavy atom. The quantitative estimate of drug-likeness (QED) is 0.896. The van der Waals surface area contributed by atoms with E-state index in [1.807, 2.05) is 0 Å². The van der Waals surface area contributed by atoms with Crippen molar-refractivity contribution in [3.63, 3.8) is 0 Å². The fourth-order valence-corrected chi connectivity index (χ4v) is 3.43. The molecule has 0 spiro atoms. The van der Waals surface area contributed by atoms with Gasteiger partial charge in [-0.2, -0.15) is 5.10 Å². The van der Waals surface area contributed by atoms with Crippen molar-refractivity contribution >= 4 is 16.7 Å². The van der Waals surface area contributed by atoms with Crippen LogP contribution in [0.3, 0.4) is 0 Å². The third-order valence-electron chi connectivity index (χ3n) is 3.70. The van der Waals surface area contributed by atoms with Crippen LogP contribution < -0.4 is 4.74 Å². The van der Waals surface area contributed by atoms with E-state index in [-0.39, 0.29) is 17.4 Å². The van der Waals surface area contributed by atoms with Gasteiger partial charge < -0.3 is 14.7 Å². The van der Waals surface area contributed by atoms with Gasteiger partial charge >= 0.3 is 0 Å². The standard InChI is InChI=1S/C15H17N3O4S/c1-22-12-4-2-11(3-5-12)18-10-13(19)14(16-18)15(20)17-6-8-23(21)9-7-17/h2-5,10,19H,6-9H2,1H3. The van der Waals surface area contributed by atoms with Gasteiger partial charge in [0.2, 0.25) is 0 Å². The van der Waals surface area contributed by atoms with Crippen molar-refractivity contribution in [2.45, 2.75) is 0 Å². The molecule has 1 N–H and O–H groups in total. The minimum atomic E-state index is -0.861. The zero-order valence-corrected chi connectivity index (χ0v) is 13.5. The summed E-state index contributed by atoms with van der Waals surface area (Å²) in [5.41, 5.74) is 0.716. The second-order valence-electron chi connectivity index (χ2n) is 5.15. The molecule has 1 aliphatic heterocycles. The number of aromatic hydroxyl groups is 1. The molecule has 1 aromatic heterocycles. The predicted molar refractivity (Wildman–Crippen MR) is 85.6 cm³/mol. The van der Waals surface area contributed by atoms with Gasteiger partial charge in [-0.3, -0.25) is 9.00 Å². The van der Waals surface area contributed by atoms with E-state index in [1.54, 1.807) is 36.3 Å². The topological polar surface area (TPSA) is 84.7 Å². The van der Waals surface area contributed by atoms with Crippen LogP contribution in [0.25, 0.3) is 5.69 Å². The first-order chi connectivity index (χ1) is 11.1. The summed E-state index contributed by atoms with van der Waals surface area (Å²) in [7, 11) is 0.720. The normalized spacial score (nSPS) is 15.6. The number of hydrogen-bond acceptors (Lipinski definition) is 5. The van der Waals surface area contributed by atoms with E-state index in [4.69, 9.17) is 4.74 Å². The molecule has 2 aromatic rings. The lowest BCUT2D eigenvalue weighted by Gasteiger charge is -2.25. The van der Waals surface area contributed by atoms with E-state index >= 15 is 0 Å². The number of amides is 1. The first kappa shape index (κ1) is 15.5. The number of methoxy groups -OCH3 is 1. The Bertz CT molecular complexity index is 732. The number of ether oxygens (including phenoxy) is 1. The highest BCUT2D eigenvalue weighted by Crippen LogP contribution is 2.21. The largest absolute Gasteiger partial charge is 0.504 e. The molecule has 0 saturated carbocycles. The second-order valence-corrected chi connectivity index (χ2v) is 6.84. The molecule has 1 fully saturated rings. The van der Waals surface area contributed by atoms with Crippen molar-refractivity contribution in [3.8, 4) is 17.2 Å². The summed E-state index contributed by atoms with van der Waals surface area (Å²) in [6, 6.07) is 7.11. The maximum atomic E-state index is 12.4. The lowest BCUT2D eigenvalue weighted by atomic mass is 10.3. The molecule has 0 atom stereocenters. The summed E-state index contributed by atoms with van der Waals surface area (Å²) in [5, 5.41) is 14.2. The lowest BCUT2D eigenvalue weighted by molar-refractivity contribution is 0.0762. The van der Waals surface area contributed by atoms with Gasteiger partial charge in [0.1, 0.15) is 5.75 Å². The fourth-order valence-electron chi connectivity index (χ4n) is 2.38. The van der Waals surface area contributed by atoms with Crippen molar-refractivity contribution in [2.75, 3.05) is 31.7 Å². The fraction of sp³-hybridized carbons (Fsp3) is 0.333. The molecule has 8 heteroatoms. The number of hydrogen-bond donors (Lipinski definition) is 1. The molecule has 1 saturated heterocycles. The van der Waals surface area contributed by atoms with Gasteiger partial charge in [0.15, 0.2) is 11.4 Å². The Hall–Kier alpha value is -2.35. The van der Waals surface area contributed by atoms with Crippen LogP contribution in [0.4, 0.5) is 0 Å². The van der Waals surface area contributed by atoms with Crippen LogP contribution in [0.5, 0.6) is 11.5 Å². The Kier molecular flexibility index (Phi) is 4.33. The molecule has 0 aliphatic carbocycles. The molecular weight excluding hydrogens is 318 g/mol. The third kappa shape index (κ3) is 3.21. The number of carbonyl (C=O) groups is 1. The Labute approximate surface area is 135 Å². The number of carbonyl (C=O) groups excluding carboxylic acids is 1. The van der Waals surface area contributed by atoms with Gasteiger partial charge in [0, 0.05) is 35.4 Å². The predicted octanol–water partition coefficient (Wildman–Crippen LogP) is 0.791. The maximum Gasteiger partial charge on any atom is 0.278 e. The Morgan fingerprint density at radius 1 is 1.26 bits per heavy atom. The molecule has 3 rings (SSSR count). The average molecular weight is 335 g/mol. The van der Waals surface area contributed by atoms with Gasteiger partial charge in [-0.1, -0.05) is 0 Å². The zero-order valence-electron chi connectivity index (χ0n) is 12.6. The smallest absolute Gasteiger partial charge is 0.278 e. The van der Waals surface area contributed by atoms with E-state index in [1.165, 1.54) is 10.9 Å².